The molecule has 1 aromatic rings. The van der Waals surface area contributed by atoms with E-state index >= 15 is 0 Å². The summed E-state index contributed by atoms with van der Waals surface area (Å²) in [6, 6.07) is 6.88. The first kappa shape index (κ1) is 22.1. The Morgan fingerprint density at radius 1 is 1.00 bits per heavy atom. The van der Waals surface area contributed by atoms with Crippen LogP contribution in [0.1, 0.15) is 38.7 Å². The Hall–Kier alpha value is -1.64. The standard InChI is InChI=1S/C21H34N4O3S/c1-18(2)17-23-12-14-24(15-13-23)21(26)22-16-19-8-4-5-9-20(19)29(27,28)25-10-6-3-7-11-25/h4-5,8-9,18H,3,6-7,10-17H2,1-2H3,(H,22,26). The van der Waals surface area contributed by atoms with Gasteiger partial charge in [-0.15, -0.1) is 0 Å². The minimum absolute atomic E-state index is 0.126. The van der Waals surface area contributed by atoms with Gasteiger partial charge >= 0.3 is 6.03 Å². The molecule has 2 aliphatic rings. The summed E-state index contributed by atoms with van der Waals surface area (Å²) in [7, 11) is -3.52. The molecule has 0 atom stereocenters. The monoisotopic (exact) mass is 422 g/mol. The number of carbonyl (C=O) groups excluding carboxylic acids is 1. The van der Waals surface area contributed by atoms with Crippen LogP contribution in [0, 0.1) is 5.92 Å². The number of amides is 2. The summed E-state index contributed by atoms with van der Waals surface area (Å²) in [5.41, 5.74) is 0.643. The maximum absolute atomic E-state index is 13.1. The minimum Gasteiger partial charge on any atom is -0.334 e. The zero-order valence-electron chi connectivity index (χ0n) is 17.6. The van der Waals surface area contributed by atoms with Gasteiger partial charge in [0.25, 0.3) is 0 Å². The Morgan fingerprint density at radius 2 is 1.66 bits per heavy atom. The number of hydrogen-bond donors (Lipinski definition) is 1. The van der Waals surface area contributed by atoms with Crippen LogP contribution in [-0.2, 0) is 16.6 Å². The van der Waals surface area contributed by atoms with Crippen molar-refractivity contribution in [1.82, 2.24) is 19.4 Å². The number of rotatable bonds is 6. The summed E-state index contributed by atoms with van der Waals surface area (Å²) >= 11 is 0. The van der Waals surface area contributed by atoms with Crippen LogP contribution in [-0.4, -0.2) is 74.4 Å². The molecule has 1 N–H and O–H groups in total. The number of piperidine rings is 1. The second-order valence-electron chi connectivity index (χ2n) is 8.41. The molecule has 1 aromatic carbocycles. The van der Waals surface area contributed by atoms with Crippen molar-refractivity contribution < 1.29 is 13.2 Å². The van der Waals surface area contributed by atoms with E-state index in [1.54, 1.807) is 22.5 Å². The number of carbonyl (C=O) groups is 1. The van der Waals surface area contributed by atoms with Gasteiger partial charge in [-0.3, -0.25) is 4.90 Å². The minimum atomic E-state index is -3.52. The highest BCUT2D eigenvalue weighted by Gasteiger charge is 2.28. The fourth-order valence-electron chi connectivity index (χ4n) is 4.08. The van der Waals surface area contributed by atoms with Crippen molar-refractivity contribution in [1.29, 1.82) is 0 Å². The molecule has 0 aliphatic carbocycles. The number of piperazine rings is 1. The van der Waals surface area contributed by atoms with Gasteiger partial charge in [0.2, 0.25) is 10.0 Å². The lowest BCUT2D eigenvalue weighted by Crippen LogP contribution is -2.52. The average molecular weight is 423 g/mol. The van der Waals surface area contributed by atoms with E-state index in [4.69, 9.17) is 0 Å². The van der Waals surface area contributed by atoms with Crippen molar-refractivity contribution in [3.05, 3.63) is 29.8 Å². The van der Waals surface area contributed by atoms with Crippen LogP contribution in [0.4, 0.5) is 4.79 Å². The molecule has 0 spiro atoms. The van der Waals surface area contributed by atoms with Gasteiger partial charge in [0.05, 0.1) is 4.90 Å². The normalized spacial score (nSPS) is 19.5. The second kappa shape index (κ2) is 9.91. The Balaban J connectivity index is 1.59. The number of benzene rings is 1. The molecule has 162 valence electrons. The van der Waals surface area contributed by atoms with Gasteiger partial charge in [-0.1, -0.05) is 38.5 Å². The summed E-state index contributed by atoms with van der Waals surface area (Å²) in [5, 5.41) is 2.93. The van der Waals surface area contributed by atoms with Gasteiger partial charge in [0.15, 0.2) is 0 Å². The summed E-state index contributed by atoms with van der Waals surface area (Å²) in [6.45, 7) is 9.98. The molecule has 0 unspecified atom stereocenters. The van der Waals surface area contributed by atoms with Crippen molar-refractivity contribution >= 4 is 16.1 Å². The van der Waals surface area contributed by atoms with Gasteiger partial charge in [0, 0.05) is 52.4 Å². The number of nitrogens with zero attached hydrogens (tertiary/aromatic N) is 3. The van der Waals surface area contributed by atoms with E-state index in [1.165, 1.54) is 0 Å². The van der Waals surface area contributed by atoms with Crippen molar-refractivity contribution in [2.45, 2.75) is 44.6 Å². The van der Waals surface area contributed by atoms with Gasteiger partial charge in [-0.25, -0.2) is 13.2 Å². The van der Waals surface area contributed by atoms with Crippen LogP contribution < -0.4 is 5.32 Å². The first-order valence-electron chi connectivity index (χ1n) is 10.7. The van der Waals surface area contributed by atoms with Gasteiger partial charge in [-0.05, 0) is 30.4 Å². The molecule has 2 amide bonds. The van der Waals surface area contributed by atoms with E-state index in [9.17, 15) is 13.2 Å². The Kier molecular flexibility index (Phi) is 7.54. The second-order valence-corrected chi connectivity index (χ2v) is 10.3. The number of sulfonamides is 1. The zero-order valence-corrected chi connectivity index (χ0v) is 18.5. The van der Waals surface area contributed by atoms with Crippen LogP contribution in [0.2, 0.25) is 0 Å². The lowest BCUT2D eigenvalue weighted by atomic mass is 10.2. The molecule has 2 heterocycles. The molecule has 2 saturated heterocycles. The van der Waals surface area contributed by atoms with Crippen LogP contribution in [0.5, 0.6) is 0 Å². The van der Waals surface area contributed by atoms with Crippen LogP contribution >= 0.6 is 0 Å². The molecule has 0 saturated carbocycles. The fourth-order valence-corrected chi connectivity index (χ4v) is 5.82. The molecule has 8 heteroatoms. The molecule has 0 aromatic heterocycles. The van der Waals surface area contributed by atoms with E-state index in [1.807, 2.05) is 11.0 Å². The first-order valence-corrected chi connectivity index (χ1v) is 12.1. The molecular weight excluding hydrogens is 388 g/mol. The average Bonchev–Trinajstić information content (AvgIpc) is 2.73. The fraction of sp³-hybridized carbons (Fsp3) is 0.667. The topological polar surface area (TPSA) is 73.0 Å². The highest BCUT2D eigenvalue weighted by Crippen LogP contribution is 2.23. The van der Waals surface area contributed by atoms with Crippen molar-refractivity contribution in [3.63, 3.8) is 0 Å². The molecule has 7 nitrogen and oxygen atoms in total. The predicted molar refractivity (Wildman–Crippen MR) is 114 cm³/mol. The Morgan fingerprint density at radius 3 is 2.31 bits per heavy atom. The van der Waals surface area contributed by atoms with Crippen LogP contribution in [0.15, 0.2) is 29.2 Å². The SMILES string of the molecule is CC(C)CN1CCN(C(=O)NCc2ccccc2S(=O)(=O)N2CCCCC2)CC1. The summed E-state index contributed by atoms with van der Waals surface area (Å²) < 4.78 is 27.7. The van der Waals surface area contributed by atoms with Gasteiger partial charge < -0.3 is 10.2 Å². The smallest absolute Gasteiger partial charge is 0.317 e. The molecule has 2 fully saturated rings. The van der Waals surface area contributed by atoms with Crippen LogP contribution in [0.3, 0.4) is 0 Å². The molecule has 29 heavy (non-hydrogen) atoms. The van der Waals surface area contributed by atoms with E-state index in [-0.39, 0.29) is 12.6 Å². The highest BCUT2D eigenvalue weighted by atomic mass is 32.2. The summed E-state index contributed by atoms with van der Waals surface area (Å²) in [5.74, 6) is 0.619. The maximum Gasteiger partial charge on any atom is 0.317 e. The van der Waals surface area contributed by atoms with Crippen molar-refractivity contribution in [2.24, 2.45) is 5.92 Å². The zero-order chi connectivity index (χ0) is 20.9. The number of hydrogen-bond acceptors (Lipinski definition) is 4. The third-order valence-electron chi connectivity index (χ3n) is 5.62. The lowest BCUT2D eigenvalue weighted by molar-refractivity contribution is 0.131. The largest absolute Gasteiger partial charge is 0.334 e. The number of nitrogens with one attached hydrogen (secondary N) is 1. The van der Waals surface area contributed by atoms with E-state index in [0.717, 1.165) is 38.9 Å². The third kappa shape index (κ3) is 5.71. The third-order valence-corrected chi connectivity index (χ3v) is 7.62. The quantitative estimate of drug-likeness (QED) is 0.764. The summed E-state index contributed by atoms with van der Waals surface area (Å²) in [4.78, 5) is 17.1. The van der Waals surface area contributed by atoms with Gasteiger partial charge in [-0.2, -0.15) is 4.31 Å². The Bertz CT molecular complexity index is 783. The molecule has 0 bridgehead atoms. The maximum atomic E-state index is 13.1. The molecular formula is C21H34N4O3S. The first-order chi connectivity index (χ1) is 13.9. The lowest BCUT2D eigenvalue weighted by Gasteiger charge is -2.35. The van der Waals surface area contributed by atoms with E-state index < -0.39 is 10.0 Å². The molecule has 2 aliphatic heterocycles. The van der Waals surface area contributed by atoms with Crippen molar-refractivity contribution in [3.8, 4) is 0 Å². The molecule has 0 radical (unpaired) electrons. The summed E-state index contributed by atoms with van der Waals surface area (Å²) in [6.07, 6.45) is 2.88. The van der Waals surface area contributed by atoms with E-state index in [0.29, 0.717) is 42.6 Å². The molecule has 3 rings (SSSR count). The highest BCUT2D eigenvalue weighted by molar-refractivity contribution is 7.89. The van der Waals surface area contributed by atoms with Crippen LogP contribution in [0.25, 0.3) is 0 Å². The van der Waals surface area contributed by atoms with E-state index in [2.05, 4.69) is 24.1 Å². The van der Waals surface area contributed by atoms with Gasteiger partial charge in [0.1, 0.15) is 0 Å². The van der Waals surface area contributed by atoms with Crippen molar-refractivity contribution in [2.75, 3.05) is 45.8 Å². The Labute approximate surface area is 175 Å². The predicted octanol–water partition coefficient (Wildman–Crippen LogP) is 2.34. The number of urea groups is 1.